The summed E-state index contributed by atoms with van der Waals surface area (Å²) in [7, 11) is 3.69. The van der Waals surface area contributed by atoms with Crippen LogP contribution >= 0.6 is 0 Å². The van der Waals surface area contributed by atoms with Gasteiger partial charge in [0.1, 0.15) is 29.3 Å². The van der Waals surface area contributed by atoms with Crippen LogP contribution in [0.1, 0.15) is 69.2 Å². The number of rotatable bonds is 10. The average Bonchev–Trinajstić information content (AvgIpc) is 3.73. The molecule has 48 heavy (non-hydrogen) atoms. The zero-order valence-electron chi connectivity index (χ0n) is 27.6. The number of likely N-dealkylation sites (N-methyl/N-ethyl adjacent to an activating group) is 1. The second-order valence-electron chi connectivity index (χ2n) is 12.6. The number of allylic oxidation sites excluding steroid dienone is 1. The van der Waals surface area contributed by atoms with Gasteiger partial charge in [-0.25, -0.2) is 9.37 Å². The number of nitrogens with zero attached hydrogens (tertiary/aromatic N) is 6. The molecule has 3 aromatic rings. The number of benzene rings is 1. The molecule has 0 spiro atoms. The van der Waals surface area contributed by atoms with Gasteiger partial charge in [-0.05, 0) is 68.0 Å². The maximum Gasteiger partial charge on any atom is 0.269 e. The van der Waals surface area contributed by atoms with Crippen LogP contribution in [0, 0.1) is 11.7 Å². The smallest absolute Gasteiger partial charge is 0.269 e. The highest BCUT2D eigenvalue weighted by atomic mass is 19.3. The number of nitrogens with one attached hydrogen (secondary N) is 3. The van der Waals surface area contributed by atoms with E-state index in [1.807, 2.05) is 7.05 Å². The standard InChI is InChI=1S/C33H42F3N9O3/c1-5-26(46)39-28(33(48)45-15-13-43(3)14-16-45)19(2)20-9-10-24(23(34)18-20)38-32(47)27(21-7-6-8-22(17-21)29(35)36)31-40-30(41-42-31)25-11-12-37-44(25)4/h9-12,18-19,21,27-28H,5-8,13-17H2,1-4H3,(H,38,47)(H,39,46)(H,40,41,42)/t19-,21?,27?,28+/m0/s1. The van der Waals surface area contributed by atoms with Crippen molar-refractivity contribution in [3.8, 4) is 11.5 Å². The second kappa shape index (κ2) is 15.1. The van der Waals surface area contributed by atoms with Crippen LogP contribution in [0.25, 0.3) is 11.5 Å². The lowest BCUT2D eigenvalue weighted by Crippen LogP contribution is -2.55. The topological polar surface area (TPSA) is 141 Å². The molecule has 2 unspecified atom stereocenters. The van der Waals surface area contributed by atoms with Gasteiger partial charge in [0.2, 0.25) is 17.7 Å². The van der Waals surface area contributed by atoms with E-state index in [-0.39, 0.29) is 54.0 Å². The van der Waals surface area contributed by atoms with E-state index in [1.165, 1.54) is 12.1 Å². The number of amides is 3. The third-order valence-corrected chi connectivity index (χ3v) is 9.43. The molecular formula is C33H42F3N9O3. The molecule has 258 valence electrons. The van der Waals surface area contributed by atoms with E-state index < -0.39 is 41.6 Å². The number of carbonyl (C=O) groups is 3. The normalized spacial score (nSPS) is 19.0. The summed E-state index contributed by atoms with van der Waals surface area (Å²) in [5.41, 5.74) is 0.930. The molecule has 1 aliphatic carbocycles. The molecule has 1 aromatic carbocycles. The first kappa shape index (κ1) is 34.8. The zero-order chi connectivity index (χ0) is 34.5. The lowest BCUT2D eigenvalue weighted by Gasteiger charge is -2.36. The van der Waals surface area contributed by atoms with Gasteiger partial charge in [-0.1, -0.05) is 19.9 Å². The maximum absolute atomic E-state index is 15.7. The first-order chi connectivity index (χ1) is 23.0. The second-order valence-corrected chi connectivity index (χ2v) is 12.6. The Balaban J connectivity index is 1.39. The summed E-state index contributed by atoms with van der Waals surface area (Å²) >= 11 is 0. The Morgan fingerprint density at radius 1 is 1.10 bits per heavy atom. The van der Waals surface area contributed by atoms with Gasteiger partial charge in [0.25, 0.3) is 6.08 Å². The molecule has 1 saturated carbocycles. The molecule has 0 bridgehead atoms. The average molecular weight is 670 g/mol. The van der Waals surface area contributed by atoms with Gasteiger partial charge in [-0.3, -0.25) is 24.2 Å². The van der Waals surface area contributed by atoms with Crippen LogP contribution in [-0.2, 0) is 21.4 Å². The number of hydrogen-bond acceptors (Lipinski definition) is 7. The van der Waals surface area contributed by atoms with Crippen LogP contribution in [0.15, 0.2) is 42.1 Å². The molecule has 15 heteroatoms. The molecule has 1 aliphatic heterocycles. The van der Waals surface area contributed by atoms with Crippen molar-refractivity contribution >= 4 is 23.4 Å². The number of hydrogen-bond donors (Lipinski definition) is 3. The van der Waals surface area contributed by atoms with Crippen molar-refractivity contribution in [3.05, 3.63) is 59.3 Å². The van der Waals surface area contributed by atoms with Gasteiger partial charge in [0.05, 0.1) is 5.69 Å². The number of piperazine rings is 1. The van der Waals surface area contributed by atoms with E-state index in [1.54, 1.807) is 48.8 Å². The molecule has 2 aromatic heterocycles. The predicted molar refractivity (Wildman–Crippen MR) is 172 cm³/mol. The minimum absolute atomic E-state index is 0.00390. The van der Waals surface area contributed by atoms with Gasteiger partial charge in [0, 0.05) is 51.8 Å². The molecule has 0 radical (unpaired) electrons. The van der Waals surface area contributed by atoms with Gasteiger partial charge in [0.15, 0.2) is 5.82 Å². The van der Waals surface area contributed by atoms with E-state index in [0.717, 1.165) is 0 Å². The van der Waals surface area contributed by atoms with Gasteiger partial charge in [-0.15, -0.1) is 0 Å². The van der Waals surface area contributed by atoms with Gasteiger partial charge < -0.3 is 20.4 Å². The van der Waals surface area contributed by atoms with Crippen LogP contribution in [0.2, 0.25) is 0 Å². The van der Waals surface area contributed by atoms with Crippen molar-refractivity contribution in [1.29, 1.82) is 0 Å². The predicted octanol–water partition coefficient (Wildman–Crippen LogP) is 4.18. The molecule has 3 amide bonds. The SMILES string of the molecule is CCC(=O)N[C@@H](C(=O)N1CCN(C)CC1)[C@@H](C)c1ccc(NC(=O)C(c2nc(-c3ccnn3C)n[nH]2)C2CCCC(=C(F)F)C2)c(F)c1. The highest BCUT2D eigenvalue weighted by Gasteiger charge is 2.37. The summed E-state index contributed by atoms with van der Waals surface area (Å²) in [5, 5.41) is 16.6. The van der Waals surface area contributed by atoms with Crippen molar-refractivity contribution in [1.82, 2.24) is 40.1 Å². The van der Waals surface area contributed by atoms with E-state index in [4.69, 9.17) is 0 Å². The quantitative estimate of drug-likeness (QED) is 0.294. The number of carbonyl (C=O) groups excluding carboxylic acids is 3. The van der Waals surface area contributed by atoms with Crippen molar-refractivity contribution in [2.45, 2.75) is 63.8 Å². The number of aromatic nitrogens is 5. The summed E-state index contributed by atoms with van der Waals surface area (Å²) in [5.74, 6) is -3.57. The largest absolute Gasteiger partial charge is 0.344 e. The molecular weight excluding hydrogens is 627 g/mol. The van der Waals surface area contributed by atoms with Crippen molar-refractivity contribution in [2.24, 2.45) is 13.0 Å². The zero-order valence-corrected chi connectivity index (χ0v) is 27.6. The lowest BCUT2D eigenvalue weighted by molar-refractivity contribution is -0.138. The summed E-state index contributed by atoms with van der Waals surface area (Å²) in [6.45, 7) is 5.90. The number of anilines is 1. The Labute approximate surface area is 277 Å². The van der Waals surface area contributed by atoms with E-state index >= 15 is 4.39 Å². The molecule has 4 atom stereocenters. The molecule has 3 heterocycles. The van der Waals surface area contributed by atoms with Gasteiger partial charge >= 0.3 is 0 Å². The fraction of sp³-hybridized carbons (Fsp3) is 0.515. The summed E-state index contributed by atoms with van der Waals surface area (Å²) < 4.78 is 44.6. The first-order valence-corrected chi connectivity index (χ1v) is 16.3. The summed E-state index contributed by atoms with van der Waals surface area (Å²) in [6.07, 6.45) is 1.21. The molecule has 2 aliphatic rings. The van der Waals surface area contributed by atoms with E-state index in [9.17, 15) is 23.2 Å². The number of aromatic amines is 1. The summed E-state index contributed by atoms with van der Waals surface area (Å²) in [6, 6.07) is 5.05. The molecule has 3 N–H and O–H groups in total. The van der Waals surface area contributed by atoms with Crippen molar-refractivity contribution in [3.63, 3.8) is 0 Å². The fourth-order valence-corrected chi connectivity index (χ4v) is 6.46. The van der Waals surface area contributed by atoms with E-state index in [0.29, 0.717) is 50.3 Å². The molecule has 5 rings (SSSR count). The number of aryl methyl sites for hydroxylation is 1. The Kier molecular flexibility index (Phi) is 11.0. The van der Waals surface area contributed by atoms with Crippen LogP contribution in [-0.4, -0.2) is 91.8 Å². The Bertz CT molecular complexity index is 1660. The van der Waals surface area contributed by atoms with Crippen LogP contribution in [0.5, 0.6) is 0 Å². The Hall–Kier alpha value is -4.53. The molecule has 2 fully saturated rings. The van der Waals surface area contributed by atoms with Crippen molar-refractivity contribution in [2.75, 3.05) is 38.5 Å². The highest BCUT2D eigenvalue weighted by Crippen LogP contribution is 2.40. The van der Waals surface area contributed by atoms with Crippen LogP contribution in [0.4, 0.5) is 18.9 Å². The van der Waals surface area contributed by atoms with Gasteiger partial charge in [-0.2, -0.15) is 19.0 Å². The first-order valence-electron chi connectivity index (χ1n) is 16.3. The number of halogens is 3. The monoisotopic (exact) mass is 669 g/mol. The van der Waals surface area contributed by atoms with Crippen LogP contribution in [0.3, 0.4) is 0 Å². The minimum atomic E-state index is -1.75. The fourth-order valence-electron chi connectivity index (χ4n) is 6.46. The Morgan fingerprint density at radius 2 is 1.85 bits per heavy atom. The minimum Gasteiger partial charge on any atom is -0.344 e. The van der Waals surface area contributed by atoms with E-state index in [2.05, 4.69) is 35.8 Å². The lowest BCUT2D eigenvalue weighted by atomic mass is 9.77. The third-order valence-electron chi connectivity index (χ3n) is 9.43. The summed E-state index contributed by atoms with van der Waals surface area (Å²) in [4.78, 5) is 48.2. The van der Waals surface area contributed by atoms with Crippen LogP contribution < -0.4 is 10.6 Å². The molecule has 12 nitrogen and oxygen atoms in total. The Morgan fingerprint density at radius 3 is 2.50 bits per heavy atom. The number of H-pyrrole nitrogens is 1. The highest BCUT2D eigenvalue weighted by molar-refractivity contribution is 5.96. The molecule has 1 saturated heterocycles. The third kappa shape index (κ3) is 7.77. The maximum atomic E-state index is 15.7. The van der Waals surface area contributed by atoms with Crippen molar-refractivity contribution < 1.29 is 27.6 Å².